The summed E-state index contributed by atoms with van der Waals surface area (Å²) in [6.45, 7) is 6.55. The Morgan fingerprint density at radius 2 is 1.74 bits per heavy atom. The van der Waals surface area contributed by atoms with Crippen LogP contribution >= 0.6 is 0 Å². The number of hydrogen-bond acceptors (Lipinski definition) is 3. The molecule has 5 nitrogen and oxygen atoms in total. The minimum absolute atomic E-state index is 0.00255. The summed E-state index contributed by atoms with van der Waals surface area (Å²) in [5.74, 6) is -0.407. The molecule has 1 atom stereocenters. The first kappa shape index (κ1) is 17.7. The zero-order chi connectivity index (χ0) is 14.7. The predicted molar refractivity (Wildman–Crippen MR) is 75.9 cm³/mol. The van der Waals surface area contributed by atoms with Crippen LogP contribution in [0, 0.1) is 5.92 Å². The van der Waals surface area contributed by atoms with Gasteiger partial charge in [-0.2, -0.15) is 0 Å². The fraction of sp³-hybridized carbons (Fsp3) is 0.857. The van der Waals surface area contributed by atoms with Crippen molar-refractivity contribution in [3.05, 3.63) is 0 Å². The number of carbonyl (C=O) groups excluding carboxylic acids is 2. The third kappa shape index (κ3) is 8.46. The summed E-state index contributed by atoms with van der Waals surface area (Å²) in [4.78, 5) is 23.1. The number of methoxy groups -OCH3 is 1. The van der Waals surface area contributed by atoms with Gasteiger partial charge >= 0.3 is 12.0 Å². The van der Waals surface area contributed by atoms with Gasteiger partial charge in [0.05, 0.1) is 7.11 Å². The molecule has 5 heteroatoms. The van der Waals surface area contributed by atoms with Crippen LogP contribution in [0.3, 0.4) is 0 Å². The van der Waals surface area contributed by atoms with Crippen LogP contribution in [0.25, 0.3) is 0 Å². The molecule has 1 unspecified atom stereocenters. The lowest BCUT2D eigenvalue weighted by molar-refractivity contribution is -0.143. The second-order valence-corrected chi connectivity index (χ2v) is 5.06. The van der Waals surface area contributed by atoms with Crippen molar-refractivity contribution in [1.82, 2.24) is 10.6 Å². The Kier molecular flexibility index (Phi) is 9.94. The highest BCUT2D eigenvalue weighted by Gasteiger charge is 2.24. The molecule has 2 N–H and O–H groups in total. The smallest absolute Gasteiger partial charge is 0.328 e. The number of unbranched alkanes of at least 4 members (excludes halogenated alkanes) is 4. The van der Waals surface area contributed by atoms with Crippen LogP contribution in [0.15, 0.2) is 0 Å². The highest BCUT2D eigenvalue weighted by Crippen LogP contribution is 2.03. The van der Waals surface area contributed by atoms with E-state index >= 15 is 0 Å². The summed E-state index contributed by atoms with van der Waals surface area (Å²) in [6, 6.07) is -0.898. The fourth-order valence-corrected chi connectivity index (χ4v) is 1.75. The minimum atomic E-state index is -0.593. The Bertz CT molecular complexity index is 267. The van der Waals surface area contributed by atoms with E-state index in [0.29, 0.717) is 6.54 Å². The SMILES string of the molecule is CCCCCCCNC(=O)NC(C(=O)OC)C(C)C. The standard InChI is InChI=1S/C14H28N2O3/c1-5-6-7-8-9-10-15-14(18)16-12(11(2)3)13(17)19-4/h11-12H,5-10H2,1-4H3,(H2,15,16,18). The fourth-order valence-electron chi connectivity index (χ4n) is 1.75. The average molecular weight is 272 g/mol. The molecule has 2 amide bonds. The topological polar surface area (TPSA) is 67.4 Å². The molecular formula is C14H28N2O3. The lowest BCUT2D eigenvalue weighted by Gasteiger charge is -2.20. The molecule has 0 saturated heterocycles. The van der Waals surface area contributed by atoms with Crippen LogP contribution in [0.1, 0.15) is 52.9 Å². The van der Waals surface area contributed by atoms with Crippen molar-refractivity contribution in [2.75, 3.05) is 13.7 Å². The number of nitrogens with one attached hydrogen (secondary N) is 2. The molecule has 112 valence electrons. The van der Waals surface area contributed by atoms with Gasteiger partial charge in [0.1, 0.15) is 6.04 Å². The molecule has 0 bridgehead atoms. The van der Waals surface area contributed by atoms with Gasteiger partial charge in [-0.15, -0.1) is 0 Å². The van der Waals surface area contributed by atoms with Crippen molar-refractivity contribution >= 4 is 12.0 Å². The predicted octanol–water partition coefficient (Wildman–Crippen LogP) is 2.45. The van der Waals surface area contributed by atoms with Crippen molar-refractivity contribution in [1.29, 1.82) is 0 Å². The van der Waals surface area contributed by atoms with Crippen LogP contribution in [0.5, 0.6) is 0 Å². The second-order valence-electron chi connectivity index (χ2n) is 5.06. The van der Waals surface area contributed by atoms with Crippen molar-refractivity contribution in [3.63, 3.8) is 0 Å². The molecular weight excluding hydrogens is 244 g/mol. The first-order valence-corrected chi connectivity index (χ1v) is 7.15. The van der Waals surface area contributed by atoms with Crippen LogP contribution in [-0.2, 0) is 9.53 Å². The molecule has 0 aliphatic carbocycles. The quantitative estimate of drug-likeness (QED) is 0.500. The van der Waals surface area contributed by atoms with Crippen molar-refractivity contribution in [3.8, 4) is 0 Å². The summed E-state index contributed by atoms with van der Waals surface area (Å²) in [7, 11) is 1.32. The number of ether oxygens (including phenoxy) is 1. The summed E-state index contributed by atoms with van der Waals surface area (Å²) in [5.41, 5.74) is 0. The van der Waals surface area contributed by atoms with Crippen molar-refractivity contribution in [2.45, 2.75) is 58.9 Å². The maximum Gasteiger partial charge on any atom is 0.328 e. The van der Waals surface area contributed by atoms with Gasteiger partial charge < -0.3 is 15.4 Å². The van der Waals surface area contributed by atoms with Crippen LogP contribution in [0.2, 0.25) is 0 Å². The molecule has 19 heavy (non-hydrogen) atoms. The molecule has 0 fully saturated rings. The van der Waals surface area contributed by atoms with Gasteiger partial charge in [0.15, 0.2) is 0 Å². The van der Waals surface area contributed by atoms with Crippen LogP contribution < -0.4 is 10.6 Å². The average Bonchev–Trinajstić information content (AvgIpc) is 2.38. The van der Waals surface area contributed by atoms with Gasteiger partial charge in [-0.25, -0.2) is 9.59 Å². The Hall–Kier alpha value is -1.26. The number of amides is 2. The number of hydrogen-bond donors (Lipinski definition) is 2. The normalized spacial score (nSPS) is 12.1. The second kappa shape index (κ2) is 10.6. The summed E-state index contributed by atoms with van der Waals surface area (Å²) in [6.07, 6.45) is 5.75. The molecule has 0 saturated carbocycles. The zero-order valence-corrected chi connectivity index (χ0v) is 12.6. The molecule has 0 spiro atoms. The largest absolute Gasteiger partial charge is 0.467 e. The molecule has 0 rings (SSSR count). The third-order valence-corrected chi connectivity index (χ3v) is 2.97. The molecule has 0 aliphatic rings. The Labute approximate surface area is 116 Å². The first-order valence-electron chi connectivity index (χ1n) is 7.15. The Morgan fingerprint density at radius 1 is 1.11 bits per heavy atom. The van der Waals surface area contributed by atoms with E-state index in [-0.39, 0.29) is 11.9 Å². The molecule has 0 aromatic heterocycles. The lowest BCUT2D eigenvalue weighted by atomic mass is 10.1. The monoisotopic (exact) mass is 272 g/mol. The van der Waals surface area contributed by atoms with E-state index in [4.69, 9.17) is 0 Å². The van der Waals surface area contributed by atoms with Crippen LogP contribution in [0.4, 0.5) is 4.79 Å². The molecule has 0 aliphatic heterocycles. The van der Waals surface area contributed by atoms with Gasteiger partial charge in [0.25, 0.3) is 0 Å². The van der Waals surface area contributed by atoms with E-state index in [1.54, 1.807) is 0 Å². The molecule has 0 aromatic carbocycles. The summed E-state index contributed by atoms with van der Waals surface area (Å²) >= 11 is 0. The highest BCUT2D eigenvalue weighted by atomic mass is 16.5. The van der Waals surface area contributed by atoms with Gasteiger partial charge in [-0.1, -0.05) is 46.5 Å². The van der Waals surface area contributed by atoms with Crippen molar-refractivity contribution < 1.29 is 14.3 Å². The summed E-state index contributed by atoms with van der Waals surface area (Å²) in [5, 5.41) is 5.41. The first-order chi connectivity index (χ1) is 9.02. The number of rotatable bonds is 9. The maximum absolute atomic E-state index is 11.6. The van der Waals surface area contributed by atoms with E-state index in [0.717, 1.165) is 12.8 Å². The summed E-state index contributed by atoms with van der Waals surface area (Å²) < 4.78 is 4.66. The molecule has 0 aromatic rings. The van der Waals surface area contributed by atoms with E-state index in [9.17, 15) is 9.59 Å². The Morgan fingerprint density at radius 3 is 2.26 bits per heavy atom. The lowest BCUT2D eigenvalue weighted by Crippen LogP contribution is -2.49. The number of urea groups is 1. The minimum Gasteiger partial charge on any atom is -0.467 e. The van der Waals surface area contributed by atoms with Gasteiger partial charge in [-0.3, -0.25) is 0 Å². The molecule has 0 heterocycles. The van der Waals surface area contributed by atoms with E-state index in [2.05, 4.69) is 22.3 Å². The van der Waals surface area contributed by atoms with Gasteiger partial charge in [0.2, 0.25) is 0 Å². The van der Waals surface area contributed by atoms with Gasteiger partial charge in [-0.05, 0) is 12.3 Å². The van der Waals surface area contributed by atoms with E-state index in [1.165, 1.54) is 26.4 Å². The zero-order valence-electron chi connectivity index (χ0n) is 12.6. The number of carbonyl (C=O) groups is 2. The molecule has 0 radical (unpaired) electrons. The van der Waals surface area contributed by atoms with Crippen molar-refractivity contribution in [2.24, 2.45) is 5.92 Å². The Balaban J connectivity index is 3.85. The maximum atomic E-state index is 11.6. The highest BCUT2D eigenvalue weighted by molar-refractivity contribution is 5.83. The number of esters is 1. The van der Waals surface area contributed by atoms with Crippen LogP contribution in [-0.4, -0.2) is 31.7 Å². The third-order valence-electron chi connectivity index (χ3n) is 2.97. The van der Waals surface area contributed by atoms with E-state index in [1.807, 2.05) is 13.8 Å². The van der Waals surface area contributed by atoms with Gasteiger partial charge in [0, 0.05) is 6.54 Å². The van der Waals surface area contributed by atoms with E-state index < -0.39 is 12.0 Å².